The van der Waals surface area contributed by atoms with Gasteiger partial charge in [-0.1, -0.05) is 48.5 Å². The number of amides is 2. The van der Waals surface area contributed by atoms with Crippen molar-refractivity contribution in [2.75, 3.05) is 23.3 Å². The molecule has 3 rings (SSSR count). The van der Waals surface area contributed by atoms with Crippen LogP contribution in [0.5, 0.6) is 0 Å². The van der Waals surface area contributed by atoms with Crippen LogP contribution in [0.4, 0.5) is 11.4 Å². The fourth-order valence-electron chi connectivity index (χ4n) is 3.05. The third-order valence-corrected chi connectivity index (χ3v) is 4.18. The molecule has 5 nitrogen and oxygen atoms in total. The van der Waals surface area contributed by atoms with Gasteiger partial charge >= 0.3 is 0 Å². The number of fused-ring (bicyclic) bond motifs is 1. The molecule has 1 atom stereocenters. The maximum atomic E-state index is 12.4. The highest BCUT2D eigenvalue weighted by molar-refractivity contribution is 5.98. The summed E-state index contributed by atoms with van der Waals surface area (Å²) in [4.78, 5) is 26.7. The first-order valence-electron chi connectivity index (χ1n) is 8.27. The Kier molecular flexibility index (Phi) is 5.14. The first-order valence-corrected chi connectivity index (χ1v) is 8.27. The van der Waals surface area contributed by atoms with E-state index in [1.807, 2.05) is 59.5 Å². The molecule has 128 valence electrons. The van der Waals surface area contributed by atoms with E-state index < -0.39 is 0 Å². The average molecular weight is 335 g/mol. The predicted octanol–water partition coefficient (Wildman–Crippen LogP) is 2.88. The molecule has 0 saturated heterocycles. The van der Waals surface area contributed by atoms with Crippen LogP contribution in [0, 0.1) is 0 Å². The minimum atomic E-state index is -0.209. The van der Waals surface area contributed by atoms with E-state index in [0.29, 0.717) is 6.54 Å². The Morgan fingerprint density at radius 1 is 1.20 bits per heavy atom. The largest absolute Gasteiger partial charge is 0.353 e. The van der Waals surface area contributed by atoms with Crippen LogP contribution in [0.2, 0.25) is 0 Å². The lowest BCUT2D eigenvalue weighted by molar-refractivity contribution is -0.120. The molecule has 0 saturated carbocycles. The van der Waals surface area contributed by atoms with Gasteiger partial charge in [-0.15, -0.1) is 6.58 Å². The number of benzene rings is 2. The molecule has 1 heterocycles. The number of anilines is 2. The van der Waals surface area contributed by atoms with Crippen LogP contribution in [-0.4, -0.2) is 24.9 Å². The van der Waals surface area contributed by atoms with Crippen LogP contribution in [0.15, 0.2) is 67.3 Å². The van der Waals surface area contributed by atoms with Crippen molar-refractivity contribution in [1.82, 2.24) is 5.32 Å². The van der Waals surface area contributed by atoms with Crippen LogP contribution in [0.3, 0.4) is 0 Å². The van der Waals surface area contributed by atoms with E-state index in [2.05, 4.69) is 17.2 Å². The molecule has 25 heavy (non-hydrogen) atoms. The lowest BCUT2D eigenvalue weighted by atomic mass is 10.0. The smallest absolute Gasteiger partial charge is 0.239 e. The lowest BCUT2D eigenvalue weighted by Crippen LogP contribution is -2.39. The quantitative estimate of drug-likeness (QED) is 0.826. The van der Waals surface area contributed by atoms with Gasteiger partial charge in [-0.3, -0.25) is 9.59 Å². The number of hydrogen-bond donors (Lipinski definition) is 2. The Bertz CT molecular complexity index is 774. The summed E-state index contributed by atoms with van der Waals surface area (Å²) in [7, 11) is 0. The van der Waals surface area contributed by atoms with E-state index in [4.69, 9.17) is 0 Å². The maximum Gasteiger partial charge on any atom is 0.239 e. The van der Waals surface area contributed by atoms with E-state index in [0.717, 1.165) is 16.9 Å². The zero-order chi connectivity index (χ0) is 17.6. The summed E-state index contributed by atoms with van der Waals surface area (Å²) in [6.45, 7) is 4.20. The van der Waals surface area contributed by atoms with Gasteiger partial charge in [-0.05, 0) is 17.7 Å². The molecule has 0 spiro atoms. The molecular formula is C20H21N3O2. The Balaban J connectivity index is 2.00. The van der Waals surface area contributed by atoms with Gasteiger partial charge in [0.1, 0.15) is 0 Å². The van der Waals surface area contributed by atoms with Gasteiger partial charge in [-0.25, -0.2) is 0 Å². The van der Waals surface area contributed by atoms with Gasteiger partial charge in [0.25, 0.3) is 0 Å². The van der Waals surface area contributed by atoms with E-state index in [-0.39, 0.29) is 30.8 Å². The van der Waals surface area contributed by atoms with E-state index in [1.165, 1.54) is 0 Å². The van der Waals surface area contributed by atoms with Crippen molar-refractivity contribution in [3.05, 3.63) is 72.8 Å². The molecule has 0 aromatic heterocycles. The van der Waals surface area contributed by atoms with Gasteiger partial charge < -0.3 is 15.5 Å². The van der Waals surface area contributed by atoms with Crippen LogP contribution < -0.4 is 15.5 Å². The number of carbonyl (C=O) groups excluding carboxylic acids is 2. The highest BCUT2D eigenvalue weighted by Crippen LogP contribution is 2.37. The second kappa shape index (κ2) is 7.66. The Morgan fingerprint density at radius 2 is 1.92 bits per heavy atom. The standard InChI is InChI=1S/C20H21N3O2/c1-2-12-21-20(25)14-23-17-11-7-6-10-16(17)22-19(24)13-18(23)15-8-4-3-5-9-15/h2-11,18H,1,12-14H2,(H,21,25)(H,22,24). The Labute approximate surface area is 147 Å². The summed E-state index contributed by atoms with van der Waals surface area (Å²) in [5, 5.41) is 5.75. The number of carbonyl (C=O) groups is 2. The van der Waals surface area contributed by atoms with Crippen molar-refractivity contribution in [3.8, 4) is 0 Å². The van der Waals surface area contributed by atoms with E-state index in [9.17, 15) is 9.59 Å². The van der Waals surface area contributed by atoms with Crippen LogP contribution in [0.1, 0.15) is 18.0 Å². The van der Waals surface area contributed by atoms with Crippen LogP contribution >= 0.6 is 0 Å². The zero-order valence-corrected chi connectivity index (χ0v) is 13.9. The van der Waals surface area contributed by atoms with E-state index >= 15 is 0 Å². The van der Waals surface area contributed by atoms with Gasteiger partial charge in [-0.2, -0.15) is 0 Å². The summed E-state index contributed by atoms with van der Waals surface area (Å²) in [5.41, 5.74) is 2.57. The highest BCUT2D eigenvalue weighted by Gasteiger charge is 2.30. The molecule has 1 unspecified atom stereocenters. The second-order valence-electron chi connectivity index (χ2n) is 5.92. The monoisotopic (exact) mass is 335 g/mol. The van der Waals surface area contributed by atoms with Crippen molar-refractivity contribution >= 4 is 23.2 Å². The summed E-state index contributed by atoms with van der Waals surface area (Å²) < 4.78 is 0. The number of hydrogen-bond acceptors (Lipinski definition) is 3. The van der Waals surface area contributed by atoms with Gasteiger partial charge in [0.2, 0.25) is 11.8 Å². The molecule has 5 heteroatoms. The highest BCUT2D eigenvalue weighted by atomic mass is 16.2. The minimum absolute atomic E-state index is 0.0599. The maximum absolute atomic E-state index is 12.4. The normalized spacial score (nSPS) is 16.4. The third kappa shape index (κ3) is 3.88. The molecular weight excluding hydrogens is 314 g/mol. The van der Waals surface area contributed by atoms with E-state index in [1.54, 1.807) is 6.08 Å². The lowest BCUT2D eigenvalue weighted by Gasteiger charge is -2.32. The van der Waals surface area contributed by atoms with Crippen molar-refractivity contribution in [2.24, 2.45) is 0 Å². The SMILES string of the molecule is C=CCNC(=O)CN1c2ccccc2NC(=O)CC1c1ccccc1. The molecule has 0 aliphatic carbocycles. The molecule has 0 radical (unpaired) electrons. The second-order valence-corrected chi connectivity index (χ2v) is 5.92. The molecule has 1 aliphatic heterocycles. The summed E-state index contributed by atoms with van der Waals surface area (Å²) in [6, 6.07) is 17.2. The molecule has 0 bridgehead atoms. The number of rotatable bonds is 5. The summed E-state index contributed by atoms with van der Waals surface area (Å²) >= 11 is 0. The number of nitrogens with zero attached hydrogens (tertiary/aromatic N) is 1. The van der Waals surface area contributed by atoms with Gasteiger partial charge in [0.05, 0.1) is 30.4 Å². The van der Waals surface area contributed by atoms with Gasteiger partial charge in [0.15, 0.2) is 0 Å². The topological polar surface area (TPSA) is 61.4 Å². The molecule has 2 N–H and O–H groups in total. The van der Waals surface area contributed by atoms with Crippen molar-refractivity contribution in [2.45, 2.75) is 12.5 Å². The summed E-state index contributed by atoms with van der Waals surface area (Å²) in [5.74, 6) is -0.166. The Hall–Kier alpha value is -3.08. The Morgan fingerprint density at radius 3 is 2.68 bits per heavy atom. The fourth-order valence-corrected chi connectivity index (χ4v) is 3.05. The first-order chi connectivity index (χ1) is 12.2. The minimum Gasteiger partial charge on any atom is -0.353 e. The molecule has 2 amide bonds. The number of para-hydroxylation sites is 2. The van der Waals surface area contributed by atoms with Crippen LogP contribution in [-0.2, 0) is 9.59 Å². The third-order valence-electron chi connectivity index (χ3n) is 4.18. The zero-order valence-electron chi connectivity index (χ0n) is 13.9. The first kappa shape index (κ1) is 16.8. The molecule has 2 aromatic carbocycles. The van der Waals surface area contributed by atoms with Crippen molar-refractivity contribution < 1.29 is 9.59 Å². The molecule has 2 aromatic rings. The summed E-state index contributed by atoms with van der Waals surface area (Å²) in [6.07, 6.45) is 1.93. The number of nitrogens with one attached hydrogen (secondary N) is 2. The molecule has 0 fully saturated rings. The predicted molar refractivity (Wildman–Crippen MR) is 99.4 cm³/mol. The van der Waals surface area contributed by atoms with Gasteiger partial charge in [0, 0.05) is 6.54 Å². The fraction of sp³-hybridized carbons (Fsp3) is 0.200. The average Bonchev–Trinajstić information content (AvgIpc) is 2.77. The van der Waals surface area contributed by atoms with Crippen LogP contribution in [0.25, 0.3) is 0 Å². The van der Waals surface area contributed by atoms with Crippen molar-refractivity contribution in [3.63, 3.8) is 0 Å². The molecule has 1 aliphatic rings. The van der Waals surface area contributed by atoms with Crippen molar-refractivity contribution in [1.29, 1.82) is 0 Å².